The quantitative estimate of drug-likeness (QED) is 0.120. The highest BCUT2D eigenvalue weighted by Gasteiger charge is 2.51. The van der Waals surface area contributed by atoms with Crippen molar-refractivity contribution in [1.82, 2.24) is 4.98 Å². The summed E-state index contributed by atoms with van der Waals surface area (Å²) in [6, 6.07) is 21.4. The van der Waals surface area contributed by atoms with E-state index in [0.717, 1.165) is 42.1 Å². The number of halogens is 1. The second kappa shape index (κ2) is 16.6. The van der Waals surface area contributed by atoms with Crippen LogP contribution in [0.2, 0.25) is 5.04 Å². The Bertz CT molecular complexity index is 1330. The topological polar surface area (TPSA) is 49.8 Å². The summed E-state index contributed by atoms with van der Waals surface area (Å²) in [5.74, 6) is 0.0724. The molecule has 1 saturated heterocycles. The van der Waals surface area contributed by atoms with E-state index in [4.69, 9.17) is 35.2 Å². The first kappa shape index (κ1) is 35.7. The Kier molecular flexibility index (Phi) is 13.2. The van der Waals surface area contributed by atoms with E-state index in [1.54, 1.807) is 11.3 Å². The highest BCUT2D eigenvalue weighted by Crippen LogP contribution is 2.39. The summed E-state index contributed by atoms with van der Waals surface area (Å²) in [6.45, 7) is 18.9. The lowest BCUT2D eigenvalue weighted by Gasteiger charge is -2.45. The van der Waals surface area contributed by atoms with Crippen LogP contribution in [0.3, 0.4) is 0 Å². The minimum atomic E-state index is -2.74. The standard InChI is InChI=1S/C37H50ClNO4SSi/c1-27(2)34(43-45(37(5,6)7,31-16-10-8-11-17-31)32-18-12-9-13-19-32)22-21-30(38)25-40-24-28(3)36(33-26-44-29(4)39-33)42-35-20-14-15-23-41-35/h8-13,16-19,21,26,28,34-36H,1,14-15,20,22-25H2,2-7H3/b30-21+/t28-,34-,35?,36?/m0/s1. The minimum Gasteiger partial charge on any atom is -0.401 e. The lowest BCUT2D eigenvalue weighted by molar-refractivity contribution is -0.203. The summed E-state index contributed by atoms with van der Waals surface area (Å²) in [5.41, 5.74) is 1.91. The van der Waals surface area contributed by atoms with Gasteiger partial charge >= 0.3 is 0 Å². The van der Waals surface area contributed by atoms with Crippen LogP contribution >= 0.6 is 22.9 Å². The molecule has 0 bridgehead atoms. The van der Waals surface area contributed by atoms with Crippen LogP contribution < -0.4 is 10.4 Å². The van der Waals surface area contributed by atoms with Gasteiger partial charge in [-0.15, -0.1) is 11.3 Å². The molecule has 4 rings (SSSR count). The Morgan fingerprint density at radius 1 is 1.11 bits per heavy atom. The molecular formula is C37H50ClNO4SSi. The van der Waals surface area contributed by atoms with Crippen molar-refractivity contribution in [3.05, 3.63) is 100 Å². The van der Waals surface area contributed by atoms with Crippen molar-refractivity contribution in [3.8, 4) is 0 Å². The molecule has 0 spiro atoms. The summed E-state index contributed by atoms with van der Waals surface area (Å²) in [5, 5.41) is 6.11. The molecule has 2 heterocycles. The van der Waals surface area contributed by atoms with Gasteiger partial charge in [0.25, 0.3) is 8.32 Å². The van der Waals surface area contributed by atoms with Crippen LogP contribution in [0.25, 0.3) is 0 Å². The Hall–Kier alpha value is -2.10. The van der Waals surface area contributed by atoms with Crippen LogP contribution in [0.15, 0.2) is 89.3 Å². The molecule has 1 aliphatic heterocycles. The Balaban J connectivity index is 1.45. The van der Waals surface area contributed by atoms with E-state index in [1.165, 1.54) is 10.4 Å². The van der Waals surface area contributed by atoms with Crippen LogP contribution in [0, 0.1) is 12.8 Å². The molecule has 1 aliphatic rings. The first-order chi connectivity index (χ1) is 21.5. The van der Waals surface area contributed by atoms with E-state index in [2.05, 4.69) is 100 Å². The number of benzene rings is 2. The summed E-state index contributed by atoms with van der Waals surface area (Å²) < 4.78 is 25.8. The number of aromatic nitrogens is 1. The number of hydrogen-bond donors (Lipinski definition) is 0. The average molecular weight is 668 g/mol. The molecule has 1 fully saturated rings. The largest absolute Gasteiger partial charge is 0.401 e. The zero-order valence-corrected chi connectivity index (χ0v) is 30.3. The predicted molar refractivity (Wildman–Crippen MR) is 190 cm³/mol. The van der Waals surface area contributed by atoms with Crippen molar-refractivity contribution in [2.75, 3.05) is 19.8 Å². The molecule has 244 valence electrons. The molecule has 0 amide bonds. The van der Waals surface area contributed by atoms with Gasteiger partial charge in [0.1, 0.15) is 6.10 Å². The molecule has 5 nitrogen and oxygen atoms in total. The van der Waals surface area contributed by atoms with Gasteiger partial charge in [-0.2, -0.15) is 0 Å². The van der Waals surface area contributed by atoms with Gasteiger partial charge in [-0.1, -0.05) is 118 Å². The molecule has 45 heavy (non-hydrogen) atoms. The van der Waals surface area contributed by atoms with Gasteiger partial charge < -0.3 is 18.6 Å². The number of thiazole rings is 1. The second-order valence-corrected chi connectivity index (χ2v) is 18.9. The summed E-state index contributed by atoms with van der Waals surface area (Å²) >= 11 is 8.40. The monoisotopic (exact) mass is 667 g/mol. The fourth-order valence-corrected chi connectivity index (χ4v) is 11.5. The fourth-order valence-electron chi connectivity index (χ4n) is 5.97. The molecule has 0 radical (unpaired) electrons. The second-order valence-electron chi connectivity index (χ2n) is 13.1. The number of rotatable bonds is 15. The molecule has 2 aromatic carbocycles. The van der Waals surface area contributed by atoms with Gasteiger partial charge in [-0.3, -0.25) is 0 Å². The molecule has 0 aliphatic carbocycles. The number of hydrogen-bond acceptors (Lipinski definition) is 6. The highest BCUT2D eigenvalue weighted by atomic mass is 35.5. The molecule has 3 aromatic rings. The van der Waals surface area contributed by atoms with Crippen LogP contribution in [-0.2, 0) is 18.6 Å². The van der Waals surface area contributed by atoms with Gasteiger partial charge in [0.05, 0.1) is 30.0 Å². The van der Waals surface area contributed by atoms with Crippen LogP contribution in [0.4, 0.5) is 0 Å². The van der Waals surface area contributed by atoms with Gasteiger partial charge in [0, 0.05) is 22.9 Å². The molecular weight excluding hydrogens is 618 g/mol. The third-order valence-corrected chi connectivity index (χ3v) is 14.4. The van der Waals surface area contributed by atoms with E-state index in [1.807, 2.05) is 19.9 Å². The summed E-state index contributed by atoms with van der Waals surface area (Å²) in [7, 11) is -2.74. The third kappa shape index (κ3) is 9.47. The molecule has 8 heteroatoms. The van der Waals surface area contributed by atoms with Gasteiger partial charge in [-0.25, -0.2) is 4.98 Å². The highest BCUT2D eigenvalue weighted by molar-refractivity contribution is 7.09. The first-order valence-corrected chi connectivity index (χ1v) is 19.2. The minimum absolute atomic E-state index is 0.0724. The van der Waals surface area contributed by atoms with Crippen molar-refractivity contribution in [3.63, 3.8) is 0 Å². The maximum atomic E-state index is 7.34. The maximum absolute atomic E-state index is 7.34. The lowest BCUT2D eigenvalue weighted by atomic mass is 10.0. The molecule has 0 N–H and O–H groups in total. The van der Waals surface area contributed by atoms with Crippen LogP contribution in [0.5, 0.6) is 0 Å². The van der Waals surface area contributed by atoms with Crippen molar-refractivity contribution in [1.29, 1.82) is 0 Å². The Labute approximate surface area is 280 Å². The van der Waals surface area contributed by atoms with Crippen LogP contribution in [-0.4, -0.2) is 45.5 Å². The van der Waals surface area contributed by atoms with Crippen molar-refractivity contribution in [2.45, 2.75) is 90.8 Å². The summed E-state index contributed by atoms with van der Waals surface area (Å²) in [4.78, 5) is 4.72. The normalized spacial score (nSPS) is 18.4. The average Bonchev–Trinajstić information content (AvgIpc) is 3.46. The fraction of sp³-hybridized carbons (Fsp3) is 0.486. The Morgan fingerprint density at radius 2 is 1.76 bits per heavy atom. The van der Waals surface area contributed by atoms with Gasteiger partial charge in [0.2, 0.25) is 0 Å². The Morgan fingerprint density at radius 3 is 2.27 bits per heavy atom. The third-order valence-electron chi connectivity index (χ3n) is 8.34. The lowest BCUT2D eigenvalue weighted by Crippen LogP contribution is -2.67. The first-order valence-electron chi connectivity index (χ1n) is 16.1. The smallest absolute Gasteiger partial charge is 0.261 e. The zero-order valence-electron chi connectivity index (χ0n) is 27.8. The van der Waals surface area contributed by atoms with Crippen LogP contribution in [0.1, 0.15) is 77.1 Å². The van der Waals surface area contributed by atoms with Crippen molar-refractivity contribution in [2.24, 2.45) is 5.92 Å². The van der Waals surface area contributed by atoms with Gasteiger partial charge in [0.15, 0.2) is 6.29 Å². The van der Waals surface area contributed by atoms with E-state index >= 15 is 0 Å². The van der Waals surface area contributed by atoms with E-state index < -0.39 is 8.32 Å². The van der Waals surface area contributed by atoms with Crippen molar-refractivity contribution >= 4 is 41.6 Å². The number of aryl methyl sites for hydroxylation is 1. The van der Waals surface area contributed by atoms with E-state index in [9.17, 15) is 0 Å². The zero-order chi connectivity index (χ0) is 32.5. The van der Waals surface area contributed by atoms with E-state index in [-0.39, 0.29) is 29.5 Å². The molecule has 1 aromatic heterocycles. The van der Waals surface area contributed by atoms with E-state index in [0.29, 0.717) is 24.7 Å². The maximum Gasteiger partial charge on any atom is 0.261 e. The molecule has 4 atom stereocenters. The predicted octanol–water partition coefficient (Wildman–Crippen LogP) is 8.72. The molecule has 0 saturated carbocycles. The van der Waals surface area contributed by atoms with Crippen molar-refractivity contribution < 1.29 is 18.6 Å². The molecule has 2 unspecified atom stereocenters. The number of ether oxygens (including phenoxy) is 3. The SMILES string of the molecule is C=C(C)[C@H](C/C=C(/Cl)COC[C@H](C)C(OC1CCCCO1)c1csc(C)n1)O[Si](c1ccccc1)(c1ccccc1)C(C)(C)C. The van der Waals surface area contributed by atoms with Gasteiger partial charge in [-0.05, 0) is 54.9 Å². The number of nitrogens with zero attached hydrogens (tertiary/aromatic N) is 1. The summed E-state index contributed by atoms with van der Waals surface area (Å²) in [6.07, 6.45) is 5.13.